The summed E-state index contributed by atoms with van der Waals surface area (Å²) in [6.45, 7) is 5.82. The van der Waals surface area contributed by atoms with Crippen molar-refractivity contribution in [3.8, 4) is 0 Å². The minimum absolute atomic E-state index is 0.502. The smallest absolute Gasteiger partial charge is 0.105 e. The second kappa shape index (κ2) is 28.1. The van der Waals surface area contributed by atoms with Gasteiger partial charge in [0.05, 0.1) is 0 Å². The molecule has 2 rings (SSSR count). The maximum atomic E-state index is 2.65. The molecule has 248 valence electrons. The fourth-order valence-corrected chi connectivity index (χ4v) is 6.91. The molecule has 0 saturated carbocycles. The highest BCUT2D eigenvalue weighted by Crippen LogP contribution is 2.28. The van der Waals surface area contributed by atoms with Gasteiger partial charge in [-0.25, -0.2) is 0 Å². The van der Waals surface area contributed by atoms with E-state index in [1.54, 1.807) is 0 Å². The van der Waals surface area contributed by atoms with Crippen LogP contribution in [0.15, 0.2) is 42.7 Å². The van der Waals surface area contributed by atoms with Crippen molar-refractivity contribution in [1.82, 2.24) is 4.90 Å². The van der Waals surface area contributed by atoms with Gasteiger partial charge in [-0.2, -0.15) is 0 Å². The van der Waals surface area contributed by atoms with Gasteiger partial charge in [0.25, 0.3) is 0 Å². The maximum absolute atomic E-state index is 2.65. The van der Waals surface area contributed by atoms with Crippen molar-refractivity contribution in [2.75, 3.05) is 11.4 Å². The topological polar surface area (TPSA) is 6.48 Å². The third-order valence-corrected chi connectivity index (χ3v) is 9.76. The largest absolute Gasteiger partial charge is 0.356 e. The molecular formula is C41H74N2. The Hall–Kier alpha value is -1.44. The molecule has 1 aromatic carbocycles. The maximum Gasteiger partial charge on any atom is 0.105 e. The van der Waals surface area contributed by atoms with Gasteiger partial charge in [0, 0.05) is 24.6 Å². The lowest BCUT2D eigenvalue weighted by molar-refractivity contribution is 0.273. The SMILES string of the molecule is CCCCCCCCCCCCCCCCCC1N(CCCCCCCCCCCCCCC)C=CN1c1ccccc1. The van der Waals surface area contributed by atoms with E-state index in [4.69, 9.17) is 0 Å². The van der Waals surface area contributed by atoms with E-state index in [1.807, 2.05) is 0 Å². The normalized spacial score (nSPS) is 14.8. The van der Waals surface area contributed by atoms with Crippen LogP contribution in [0.25, 0.3) is 0 Å². The first-order valence-electron chi connectivity index (χ1n) is 19.6. The molecule has 0 fully saturated rings. The van der Waals surface area contributed by atoms with Gasteiger partial charge in [0.2, 0.25) is 0 Å². The Bertz CT molecular complexity index is 728. The lowest BCUT2D eigenvalue weighted by atomic mass is 10.0. The molecular weight excluding hydrogens is 520 g/mol. The molecule has 0 aromatic heterocycles. The van der Waals surface area contributed by atoms with Crippen molar-refractivity contribution in [2.24, 2.45) is 0 Å². The first-order chi connectivity index (χ1) is 21.4. The third-order valence-electron chi connectivity index (χ3n) is 9.76. The molecule has 1 atom stereocenters. The van der Waals surface area contributed by atoms with Gasteiger partial charge in [0.15, 0.2) is 0 Å². The fourth-order valence-electron chi connectivity index (χ4n) is 6.91. The van der Waals surface area contributed by atoms with Crippen molar-refractivity contribution in [3.05, 3.63) is 42.7 Å². The summed E-state index contributed by atoms with van der Waals surface area (Å²) >= 11 is 0. The van der Waals surface area contributed by atoms with E-state index in [0.717, 1.165) is 0 Å². The molecule has 0 amide bonds. The minimum Gasteiger partial charge on any atom is -0.356 e. The Morgan fingerprint density at radius 1 is 0.419 bits per heavy atom. The monoisotopic (exact) mass is 595 g/mol. The number of unbranched alkanes of at least 4 members (excludes halogenated alkanes) is 26. The molecule has 1 unspecified atom stereocenters. The van der Waals surface area contributed by atoms with E-state index in [0.29, 0.717) is 6.17 Å². The molecule has 0 bridgehead atoms. The first-order valence-corrected chi connectivity index (χ1v) is 19.6. The van der Waals surface area contributed by atoms with E-state index < -0.39 is 0 Å². The van der Waals surface area contributed by atoms with Gasteiger partial charge in [0.1, 0.15) is 6.17 Å². The van der Waals surface area contributed by atoms with Crippen LogP contribution in [0.3, 0.4) is 0 Å². The van der Waals surface area contributed by atoms with Crippen LogP contribution >= 0.6 is 0 Å². The second-order valence-corrected chi connectivity index (χ2v) is 13.7. The average molecular weight is 595 g/mol. The summed E-state index contributed by atoms with van der Waals surface area (Å²) in [5, 5.41) is 0. The van der Waals surface area contributed by atoms with Gasteiger partial charge in [-0.15, -0.1) is 0 Å². The lowest BCUT2D eigenvalue weighted by Gasteiger charge is -2.33. The number of rotatable bonds is 31. The van der Waals surface area contributed by atoms with Crippen LogP contribution in [-0.2, 0) is 0 Å². The number of hydrogen-bond acceptors (Lipinski definition) is 2. The highest BCUT2D eigenvalue weighted by atomic mass is 15.4. The van der Waals surface area contributed by atoms with Crippen LogP contribution in [0.5, 0.6) is 0 Å². The standard InChI is InChI=1S/C41H74N2/c1-3-5-7-9-11-13-15-17-18-19-21-23-25-27-32-36-41-42(38-39-43(41)40-34-30-29-31-35-40)37-33-28-26-24-22-20-16-14-12-10-8-6-4-2/h29-31,34-35,38-39,41H,3-28,32-33,36-37H2,1-2H3. The molecule has 0 spiro atoms. The zero-order valence-electron chi connectivity index (χ0n) is 29.2. The van der Waals surface area contributed by atoms with Crippen molar-refractivity contribution in [3.63, 3.8) is 0 Å². The van der Waals surface area contributed by atoms with E-state index in [9.17, 15) is 0 Å². The van der Waals surface area contributed by atoms with E-state index >= 15 is 0 Å². The average Bonchev–Trinajstić information content (AvgIpc) is 3.44. The Balaban J connectivity index is 1.52. The van der Waals surface area contributed by atoms with Crippen LogP contribution in [0.1, 0.15) is 200 Å². The minimum atomic E-state index is 0.502. The molecule has 0 aliphatic carbocycles. The first kappa shape index (κ1) is 37.7. The van der Waals surface area contributed by atoms with E-state index in [-0.39, 0.29) is 0 Å². The molecule has 1 aliphatic rings. The number of hydrogen-bond donors (Lipinski definition) is 0. The molecule has 1 aliphatic heterocycles. The molecule has 1 heterocycles. The van der Waals surface area contributed by atoms with Crippen LogP contribution in [0, 0.1) is 0 Å². The second-order valence-electron chi connectivity index (χ2n) is 13.7. The Kier molecular flexibility index (Phi) is 24.6. The molecule has 0 radical (unpaired) electrons. The van der Waals surface area contributed by atoms with E-state index in [1.165, 1.54) is 198 Å². The Labute approximate surface area is 270 Å². The van der Waals surface area contributed by atoms with Crippen LogP contribution < -0.4 is 4.90 Å². The predicted molar refractivity (Wildman–Crippen MR) is 194 cm³/mol. The van der Waals surface area contributed by atoms with Crippen molar-refractivity contribution < 1.29 is 0 Å². The van der Waals surface area contributed by atoms with Crippen molar-refractivity contribution in [2.45, 2.75) is 206 Å². The summed E-state index contributed by atoms with van der Waals surface area (Å²) in [5.74, 6) is 0. The van der Waals surface area contributed by atoms with Gasteiger partial charge >= 0.3 is 0 Å². The zero-order chi connectivity index (χ0) is 30.5. The van der Waals surface area contributed by atoms with Crippen molar-refractivity contribution in [1.29, 1.82) is 0 Å². The number of benzene rings is 1. The van der Waals surface area contributed by atoms with Crippen molar-refractivity contribution >= 4 is 5.69 Å². The summed E-state index contributed by atoms with van der Waals surface area (Å²) < 4.78 is 0. The van der Waals surface area contributed by atoms with Crippen LogP contribution in [0.2, 0.25) is 0 Å². The number of para-hydroxylation sites is 1. The van der Waals surface area contributed by atoms with Gasteiger partial charge < -0.3 is 9.80 Å². The fraction of sp³-hybridized carbons (Fsp3) is 0.805. The summed E-state index contributed by atoms with van der Waals surface area (Å²) in [7, 11) is 0. The van der Waals surface area contributed by atoms with Crippen LogP contribution in [0.4, 0.5) is 5.69 Å². The highest BCUT2D eigenvalue weighted by Gasteiger charge is 2.26. The van der Waals surface area contributed by atoms with Gasteiger partial charge in [-0.1, -0.05) is 199 Å². The van der Waals surface area contributed by atoms with Crippen LogP contribution in [-0.4, -0.2) is 17.6 Å². The summed E-state index contributed by atoms with van der Waals surface area (Å²) in [5.41, 5.74) is 1.34. The number of anilines is 1. The predicted octanol–water partition coefficient (Wildman–Crippen LogP) is 14.0. The summed E-state index contributed by atoms with van der Waals surface area (Å²) in [6, 6.07) is 11.1. The Morgan fingerprint density at radius 3 is 1.21 bits per heavy atom. The highest BCUT2D eigenvalue weighted by molar-refractivity contribution is 5.51. The molecule has 1 aromatic rings. The number of nitrogens with zero attached hydrogens (tertiary/aromatic N) is 2. The quantitative estimate of drug-likeness (QED) is 0.0789. The molecule has 43 heavy (non-hydrogen) atoms. The molecule has 0 saturated heterocycles. The lowest BCUT2D eigenvalue weighted by Crippen LogP contribution is -2.39. The Morgan fingerprint density at radius 2 is 0.791 bits per heavy atom. The van der Waals surface area contributed by atoms with E-state index in [2.05, 4.69) is 66.4 Å². The molecule has 2 nitrogen and oxygen atoms in total. The molecule has 0 N–H and O–H groups in total. The third kappa shape index (κ3) is 19.5. The molecule has 2 heteroatoms. The zero-order valence-corrected chi connectivity index (χ0v) is 29.2. The van der Waals surface area contributed by atoms with Gasteiger partial charge in [-0.05, 0) is 31.4 Å². The summed E-state index contributed by atoms with van der Waals surface area (Å²) in [6.07, 6.45) is 46.6. The van der Waals surface area contributed by atoms with Gasteiger partial charge in [-0.3, -0.25) is 0 Å². The summed E-state index contributed by atoms with van der Waals surface area (Å²) in [4.78, 5) is 5.18.